The summed E-state index contributed by atoms with van der Waals surface area (Å²) in [5.41, 5.74) is 0.714. The van der Waals surface area contributed by atoms with Crippen molar-refractivity contribution in [3.8, 4) is 0 Å². The Labute approximate surface area is 170 Å². The molecule has 0 aromatic carbocycles. The van der Waals surface area contributed by atoms with Crippen LogP contribution in [-0.2, 0) is 0 Å². The van der Waals surface area contributed by atoms with Gasteiger partial charge in [-0.3, -0.25) is 19.6 Å². The van der Waals surface area contributed by atoms with Crippen molar-refractivity contribution in [2.45, 2.75) is 58.0 Å². The summed E-state index contributed by atoms with van der Waals surface area (Å²) >= 11 is 0. The maximum absolute atomic E-state index is 12.7. The van der Waals surface area contributed by atoms with Gasteiger partial charge >= 0.3 is 0 Å². The summed E-state index contributed by atoms with van der Waals surface area (Å²) in [7, 11) is 0. The Balaban J connectivity index is 1.34. The first-order valence-electron chi connectivity index (χ1n) is 11.3. The van der Waals surface area contributed by atoms with Crippen LogP contribution in [0.5, 0.6) is 0 Å². The standard InChI is InChI=1S/C23H36N4O/c1-18(2)22-17-26(11-4-12-27(22)16-19-6-7-19)21-8-13-25(14-9-21)23(28)20-5-3-10-24-15-20/h3,5,10,15,18-19,21-22H,4,6-9,11-14,16-17H2,1-2H3/t22-/m0/s1. The van der Waals surface area contributed by atoms with Crippen molar-refractivity contribution in [1.82, 2.24) is 19.7 Å². The molecule has 5 nitrogen and oxygen atoms in total. The average Bonchev–Trinajstić information content (AvgIpc) is 3.55. The van der Waals surface area contributed by atoms with Crippen LogP contribution < -0.4 is 0 Å². The van der Waals surface area contributed by atoms with Crippen molar-refractivity contribution in [3.63, 3.8) is 0 Å². The first-order valence-corrected chi connectivity index (χ1v) is 11.3. The molecule has 0 radical (unpaired) electrons. The molecule has 4 rings (SSSR count). The Hall–Kier alpha value is -1.46. The van der Waals surface area contributed by atoms with E-state index in [-0.39, 0.29) is 5.91 Å². The molecule has 3 aliphatic rings. The van der Waals surface area contributed by atoms with E-state index < -0.39 is 0 Å². The molecule has 1 aliphatic carbocycles. The smallest absolute Gasteiger partial charge is 0.255 e. The van der Waals surface area contributed by atoms with E-state index in [1.54, 1.807) is 12.4 Å². The molecule has 0 unspecified atom stereocenters. The highest BCUT2D eigenvalue weighted by Crippen LogP contribution is 2.32. The number of hydrogen-bond acceptors (Lipinski definition) is 4. The zero-order valence-electron chi connectivity index (χ0n) is 17.6. The minimum Gasteiger partial charge on any atom is -0.338 e. The van der Waals surface area contributed by atoms with E-state index in [9.17, 15) is 4.79 Å². The van der Waals surface area contributed by atoms with E-state index >= 15 is 0 Å². The van der Waals surface area contributed by atoms with Crippen LogP contribution in [-0.4, -0.2) is 76.9 Å². The summed E-state index contributed by atoms with van der Waals surface area (Å²) in [6, 6.07) is 5.02. The highest BCUT2D eigenvalue weighted by Gasteiger charge is 2.35. The van der Waals surface area contributed by atoms with Crippen LogP contribution in [0, 0.1) is 11.8 Å². The van der Waals surface area contributed by atoms with Gasteiger partial charge in [0.15, 0.2) is 0 Å². The van der Waals surface area contributed by atoms with Gasteiger partial charge in [0, 0.05) is 50.7 Å². The number of carbonyl (C=O) groups is 1. The molecule has 1 aromatic heterocycles. The summed E-state index contributed by atoms with van der Waals surface area (Å²) in [6.07, 6.45) is 9.76. The first kappa shape index (κ1) is 19.8. The minimum atomic E-state index is 0.137. The molecular weight excluding hydrogens is 348 g/mol. The Morgan fingerprint density at radius 3 is 2.57 bits per heavy atom. The Kier molecular flexibility index (Phi) is 6.32. The molecule has 1 saturated carbocycles. The van der Waals surface area contributed by atoms with Crippen LogP contribution in [0.1, 0.15) is 56.3 Å². The van der Waals surface area contributed by atoms with E-state index in [1.807, 2.05) is 17.0 Å². The quantitative estimate of drug-likeness (QED) is 0.782. The highest BCUT2D eigenvalue weighted by molar-refractivity contribution is 5.93. The maximum atomic E-state index is 12.7. The maximum Gasteiger partial charge on any atom is 0.255 e. The second-order valence-corrected chi connectivity index (χ2v) is 9.36. The van der Waals surface area contributed by atoms with Crippen LogP contribution in [0.2, 0.25) is 0 Å². The van der Waals surface area contributed by atoms with Crippen molar-refractivity contribution >= 4 is 5.91 Å². The zero-order chi connectivity index (χ0) is 19.5. The normalized spacial score (nSPS) is 25.8. The fourth-order valence-electron chi connectivity index (χ4n) is 5.02. The average molecular weight is 385 g/mol. The van der Waals surface area contributed by atoms with Gasteiger partial charge in [-0.05, 0) is 69.2 Å². The van der Waals surface area contributed by atoms with Crippen molar-refractivity contribution in [3.05, 3.63) is 30.1 Å². The van der Waals surface area contributed by atoms with Crippen LogP contribution in [0.25, 0.3) is 0 Å². The van der Waals surface area contributed by atoms with Gasteiger partial charge in [0.05, 0.1) is 5.56 Å². The molecule has 28 heavy (non-hydrogen) atoms. The van der Waals surface area contributed by atoms with Gasteiger partial charge in [-0.1, -0.05) is 13.8 Å². The van der Waals surface area contributed by atoms with Crippen molar-refractivity contribution in [1.29, 1.82) is 0 Å². The third kappa shape index (κ3) is 4.74. The fraction of sp³-hybridized carbons (Fsp3) is 0.739. The topological polar surface area (TPSA) is 39.7 Å². The molecule has 1 aromatic rings. The Morgan fingerprint density at radius 1 is 1.14 bits per heavy atom. The van der Waals surface area contributed by atoms with Crippen LogP contribution in [0.3, 0.4) is 0 Å². The van der Waals surface area contributed by atoms with Crippen LogP contribution >= 0.6 is 0 Å². The van der Waals surface area contributed by atoms with Gasteiger partial charge in [-0.2, -0.15) is 0 Å². The molecule has 0 bridgehead atoms. The van der Waals surface area contributed by atoms with Gasteiger partial charge in [0.1, 0.15) is 0 Å². The predicted octanol–water partition coefficient (Wildman–Crippen LogP) is 3.13. The van der Waals surface area contributed by atoms with E-state index in [4.69, 9.17) is 0 Å². The summed E-state index contributed by atoms with van der Waals surface area (Å²) in [4.78, 5) is 24.4. The van der Waals surface area contributed by atoms with Gasteiger partial charge in [-0.25, -0.2) is 0 Å². The molecule has 2 saturated heterocycles. The highest BCUT2D eigenvalue weighted by atomic mass is 16.2. The summed E-state index contributed by atoms with van der Waals surface area (Å²) in [5.74, 6) is 1.80. The summed E-state index contributed by atoms with van der Waals surface area (Å²) in [6.45, 7) is 11.5. The van der Waals surface area contributed by atoms with Gasteiger partial charge in [0.25, 0.3) is 5.91 Å². The Morgan fingerprint density at radius 2 is 1.93 bits per heavy atom. The second kappa shape index (κ2) is 8.91. The van der Waals surface area contributed by atoms with E-state index in [0.29, 0.717) is 23.6 Å². The molecule has 154 valence electrons. The molecule has 3 heterocycles. The van der Waals surface area contributed by atoms with Gasteiger partial charge in [-0.15, -0.1) is 0 Å². The SMILES string of the molecule is CC(C)[C@@H]1CN(C2CCN(C(=O)c3cccnc3)CC2)CCCN1CC1CC1. The first-order chi connectivity index (χ1) is 13.6. The number of aromatic nitrogens is 1. The lowest BCUT2D eigenvalue weighted by atomic mass is 9.98. The number of carbonyl (C=O) groups excluding carboxylic acids is 1. The molecule has 2 aliphatic heterocycles. The monoisotopic (exact) mass is 384 g/mol. The number of piperidine rings is 1. The van der Waals surface area contributed by atoms with E-state index in [0.717, 1.165) is 31.8 Å². The van der Waals surface area contributed by atoms with Crippen molar-refractivity contribution in [2.75, 3.05) is 39.3 Å². The Bertz CT molecular complexity index is 637. The van der Waals surface area contributed by atoms with Crippen molar-refractivity contribution in [2.24, 2.45) is 11.8 Å². The third-order valence-corrected chi connectivity index (χ3v) is 6.92. The van der Waals surface area contributed by atoms with Crippen LogP contribution in [0.15, 0.2) is 24.5 Å². The van der Waals surface area contributed by atoms with Gasteiger partial charge < -0.3 is 4.90 Å². The number of nitrogens with zero attached hydrogens (tertiary/aromatic N) is 4. The predicted molar refractivity (Wildman–Crippen MR) is 112 cm³/mol. The van der Waals surface area contributed by atoms with Crippen molar-refractivity contribution < 1.29 is 4.79 Å². The van der Waals surface area contributed by atoms with E-state index in [2.05, 4.69) is 28.6 Å². The number of amides is 1. The molecule has 1 atom stereocenters. The molecule has 3 fully saturated rings. The fourth-order valence-corrected chi connectivity index (χ4v) is 5.02. The third-order valence-electron chi connectivity index (χ3n) is 6.92. The zero-order valence-corrected chi connectivity index (χ0v) is 17.6. The minimum absolute atomic E-state index is 0.137. The largest absolute Gasteiger partial charge is 0.338 e. The summed E-state index contributed by atoms with van der Waals surface area (Å²) < 4.78 is 0. The van der Waals surface area contributed by atoms with Gasteiger partial charge in [0.2, 0.25) is 0 Å². The molecule has 0 spiro atoms. The molecule has 1 amide bonds. The molecular formula is C23H36N4O. The van der Waals surface area contributed by atoms with Crippen LogP contribution in [0.4, 0.5) is 0 Å². The molecule has 0 N–H and O–H groups in total. The number of rotatable bonds is 5. The lowest BCUT2D eigenvalue weighted by Gasteiger charge is -2.41. The molecule has 5 heteroatoms. The lowest BCUT2D eigenvalue weighted by molar-refractivity contribution is 0.0574. The number of likely N-dealkylation sites (tertiary alicyclic amines) is 1. The summed E-state index contributed by atoms with van der Waals surface area (Å²) in [5, 5.41) is 0. The number of hydrogen-bond donors (Lipinski definition) is 0. The van der Waals surface area contributed by atoms with E-state index in [1.165, 1.54) is 45.4 Å². The number of pyridine rings is 1. The lowest BCUT2D eigenvalue weighted by Crippen LogP contribution is -2.51. The second-order valence-electron chi connectivity index (χ2n) is 9.36.